The lowest BCUT2D eigenvalue weighted by Crippen LogP contribution is -2.39. The molecule has 2 aromatic carbocycles. The van der Waals surface area contributed by atoms with E-state index in [0.29, 0.717) is 17.9 Å². The normalized spacial score (nSPS) is 14.3. The van der Waals surface area contributed by atoms with E-state index in [9.17, 15) is 9.59 Å². The lowest BCUT2D eigenvalue weighted by atomic mass is 10.1. The number of amides is 1. The van der Waals surface area contributed by atoms with Crippen molar-refractivity contribution in [1.29, 1.82) is 0 Å². The van der Waals surface area contributed by atoms with Crippen molar-refractivity contribution in [3.63, 3.8) is 0 Å². The summed E-state index contributed by atoms with van der Waals surface area (Å²) < 4.78 is 11.3. The molecule has 3 aromatic rings. The molecule has 0 spiro atoms. The van der Waals surface area contributed by atoms with Crippen LogP contribution in [0.25, 0.3) is 11.0 Å². The topological polar surface area (TPSA) is 59.8 Å². The Morgan fingerprint density at radius 2 is 1.93 bits per heavy atom. The number of benzene rings is 2. The third-order valence-corrected chi connectivity index (χ3v) is 5.05. The molecule has 1 unspecified atom stereocenters. The van der Waals surface area contributed by atoms with Crippen LogP contribution in [-0.4, -0.2) is 18.6 Å². The van der Waals surface area contributed by atoms with Gasteiger partial charge < -0.3 is 14.1 Å². The third kappa shape index (κ3) is 3.10. The summed E-state index contributed by atoms with van der Waals surface area (Å²) in [6.45, 7) is 6.17. The van der Waals surface area contributed by atoms with Crippen molar-refractivity contribution < 1.29 is 13.9 Å². The van der Waals surface area contributed by atoms with Gasteiger partial charge in [-0.15, -0.1) is 0 Å². The summed E-state index contributed by atoms with van der Waals surface area (Å²) in [5.41, 5.74) is 3.94. The summed E-state index contributed by atoms with van der Waals surface area (Å²) in [5.74, 6) is 0.559. The van der Waals surface area contributed by atoms with Crippen LogP contribution in [0.1, 0.15) is 23.6 Å². The van der Waals surface area contributed by atoms with Gasteiger partial charge in [-0.05, 0) is 62.1 Å². The Morgan fingerprint density at radius 1 is 1.15 bits per heavy atom. The number of hydrogen-bond donors (Lipinski definition) is 0. The zero-order chi connectivity index (χ0) is 19.1. The van der Waals surface area contributed by atoms with Gasteiger partial charge in [-0.1, -0.05) is 18.2 Å². The second kappa shape index (κ2) is 6.58. The lowest BCUT2D eigenvalue weighted by Gasteiger charge is -2.23. The molecule has 0 fully saturated rings. The minimum atomic E-state index is -0.622. The van der Waals surface area contributed by atoms with Gasteiger partial charge in [0.1, 0.15) is 11.3 Å². The van der Waals surface area contributed by atoms with Gasteiger partial charge in [0.15, 0.2) is 6.10 Å². The Hall–Kier alpha value is -3.08. The molecule has 1 atom stereocenters. The molecule has 1 aliphatic rings. The van der Waals surface area contributed by atoms with Gasteiger partial charge in [0.05, 0.1) is 0 Å². The third-order valence-electron chi connectivity index (χ3n) is 5.05. The summed E-state index contributed by atoms with van der Waals surface area (Å²) in [5, 5.41) is 0.807. The van der Waals surface area contributed by atoms with Crippen LogP contribution in [-0.2, 0) is 11.2 Å². The first-order chi connectivity index (χ1) is 12.9. The van der Waals surface area contributed by atoms with E-state index < -0.39 is 6.10 Å². The molecule has 1 aliphatic heterocycles. The average Bonchev–Trinajstić information content (AvgIpc) is 3.06. The lowest BCUT2D eigenvalue weighted by molar-refractivity contribution is -0.124. The molecule has 0 aliphatic carbocycles. The van der Waals surface area contributed by atoms with Crippen molar-refractivity contribution >= 4 is 22.6 Å². The molecule has 0 saturated heterocycles. The maximum Gasteiger partial charge on any atom is 0.336 e. The van der Waals surface area contributed by atoms with Crippen LogP contribution in [0.3, 0.4) is 0 Å². The molecule has 4 rings (SSSR count). The molecule has 138 valence electrons. The van der Waals surface area contributed by atoms with Crippen molar-refractivity contribution in [2.45, 2.75) is 33.3 Å². The number of anilines is 1. The van der Waals surface area contributed by atoms with Crippen LogP contribution in [0.15, 0.2) is 51.7 Å². The molecule has 0 bridgehead atoms. The fraction of sp³-hybridized carbons (Fsp3) is 0.273. The van der Waals surface area contributed by atoms with Gasteiger partial charge in [0, 0.05) is 23.7 Å². The van der Waals surface area contributed by atoms with Gasteiger partial charge in [-0.3, -0.25) is 4.79 Å². The Labute approximate surface area is 157 Å². The van der Waals surface area contributed by atoms with Gasteiger partial charge >= 0.3 is 5.63 Å². The Morgan fingerprint density at radius 3 is 2.74 bits per heavy atom. The summed E-state index contributed by atoms with van der Waals surface area (Å²) in [7, 11) is 0. The summed E-state index contributed by atoms with van der Waals surface area (Å²) in [4.78, 5) is 26.3. The van der Waals surface area contributed by atoms with Gasteiger partial charge in [0.25, 0.3) is 5.91 Å². The molecule has 1 aromatic heterocycles. The molecule has 0 N–H and O–H groups in total. The van der Waals surface area contributed by atoms with Crippen LogP contribution in [0.5, 0.6) is 5.75 Å². The minimum absolute atomic E-state index is 0.0595. The Bertz CT molecular complexity index is 1100. The summed E-state index contributed by atoms with van der Waals surface area (Å²) >= 11 is 0. The quantitative estimate of drug-likeness (QED) is 0.665. The molecule has 5 heteroatoms. The number of hydrogen-bond acceptors (Lipinski definition) is 4. The molecular formula is C22H21NO4. The standard InChI is InChI=1S/C22H21NO4/c1-13-11-21(24)27-20-10-14(2)19(12-17(13)20)26-15(3)22(25)23-9-8-16-6-4-5-7-18(16)23/h4-7,10-12,15H,8-9H2,1-3H3. The van der Waals surface area contributed by atoms with Crippen molar-refractivity contribution in [1.82, 2.24) is 0 Å². The molecule has 0 radical (unpaired) electrons. The second-order valence-electron chi connectivity index (χ2n) is 6.99. The number of ether oxygens (including phenoxy) is 1. The van der Waals surface area contributed by atoms with Gasteiger partial charge in [-0.2, -0.15) is 0 Å². The molecule has 5 nitrogen and oxygen atoms in total. The maximum absolute atomic E-state index is 12.9. The minimum Gasteiger partial charge on any atom is -0.481 e. The number of rotatable bonds is 3. The van der Waals surface area contributed by atoms with Crippen LogP contribution in [0, 0.1) is 13.8 Å². The number of nitrogens with zero attached hydrogens (tertiary/aromatic N) is 1. The van der Waals surface area contributed by atoms with E-state index >= 15 is 0 Å². The van der Waals surface area contributed by atoms with Crippen LogP contribution < -0.4 is 15.3 Å². The van der Waals surface area contributed by atoms with Crippen molar-refractivity contribution in [2.24, 2.45) is 0 Å². The van der Waals surface area contributed by atoms with E-state index in [1.165, 1.54) is 11.6 Å². The predicted octanol–water partition coefficient (Wildman–Crippen LogP) is 3.77. The summed E-state index contributed by atoms with van der Waals surface area (Å²) in [6.07, 6.45) is 0.241. The zero-order valence-corrected chi connectivity index (χ0v) is 15.6. The monoisotopic (exact) mass is 363 g/mol. The molecular weight excluding hydrogens is 342 g/mol. The van der Waals surface area contributed by atoms with Crippen molar-refractivity contribution in [2.75, 3.05) is 11.4 Å². The highest BCUT2D eigenvalue weighted by Gasteiger charge is 2.29. The first kappa shape index (κ1) is 17.3. The van der Waals surface area contributed by atoms with E-state index in [2.05, 4.69) is 6.07 Å². The number of carbonyl (C=O) groups is 1. The predicted molar refractivity (Wildman–Crippen MR) is 105 cm³/mol. The van der Waals surface area contributed by atoms with E-state index in [1.54, 1.807) is 17.9 Å². The molecule has 2 heterocycles. The smallest absolute Gasteiger partial charge is 0.336 e. The van der Waals surface area contributed by atoms with Gasteiger partial charge in [-0.25, -0.2) is 4.79 Å². The number of fused-ring (bicyclic) bond motifs is 2. The molecule has 1 amide bonds. The van der Waals surface area contributed by atoms with Crippen LogP contribution in [0.2, 0.25) is 0 Å². The fourth-order valence-corrected chi connectivity index (χ4v) is 3.60. The van der Waals surface area contributed by atoms with E-state index in [4.69, 9.17) is 9.15 Å². The van der Waals surface area contributed by atoms with Crippen LogP contribution >= 0.6 is 0 Å². The van der Waals surface area contributed by atoms with Gasteiger partial charge in [0.2, 0.25) is 0 Å². The second-order valence-corrected chi connectivity index (χ2v) is 6.99. The van der Waals surface area contributed by atoms with Crippen molar-refractivity contribution in [3.8, 4) is 5.75 Å². The fourth-order valence-electron chi connectivity index (χ4n) is 3.60. The Balaban J connectivity index is 1.61. The van der Waals surface area contributed by atoms with Crippen molar-refractivity contribution in [3.05, 3.63) is 69.6 Å². The van der Waals surface area contributed by atoms with E-state index in [1.807, 2.05) is 38.1 Å². The van der Waals surface area contributed by atoms with E-state index in [-0.39, 0.29) is 11.5 Å². The number of carbonyl (C=O) groups excluding carboxylic acids is 1. The first-order valence-electron chi connectivity index (χ1n) is 9.05. The number of aryl methyl sites for hydroxylation is 2. The van der Waals surface area contributed by atoms with Crippen LogP contribution in [0.4, 0.5) is 5.69 Å². The molecule has 27 heavy (non-hydrogen) atoms. The average molecular weight is 363 g/mol. The molecule has 0 saturated carbocycles. The maximum atomic E-state index is 12.9. The largest absolute Gasteiger partial charge is 0.481 e. The SMILES string of the molecule is Cc1cc2oc(=O)cc(C)c2cc1OC(C)C(=O)N1CCc2ccccc21. The highest BCUT2D eigenvalue weighted by Crippen LogP contribution is 2.30. The zero-order valence-electron chi connectivity index (χ0n) is 15.6. The Kier molecular flexibility index (Phi) is 4.22. The summed E-state index contributed by atoms with van der Waals surface area (Å²) in [6, 6.07) is 13.0. The highest BCUT2D eigenvalue weighted by molar-refractivity contribution is 5.98. The number of para-hydroxylation sites is 1. The van der Waals surface area contributed by atoms with E-state index in [0.717, 1.165) is 28.6 Å². The highest BCUT2D eigenvalue weighted by atomic mass is 16.5. The first-order valence-corrected chi connectivity index (χ1v) is 9.05.